The van der Waals surface area contributed by atoms with Crippen molar-refractivity contribution in [2.24, 2.45) is 5.92 Å². The zero-order chi connectivity index (χ0) is 19.4. The standard InChI is InChI=1S/C18H31N5O3S/c1-14-11-23(16-8-4-3-5-9-16)21-17(14)20-18(24)22-10-6-7-15(12-22)13-27(25,26)19-2/h11,15-16,19H,3-10,12-13H2,1-2H3,(H,20,21,24). The molecule has 1 aliphatic carbocycles. The lowest BCUT2D eigenvalue weighted by Crippen LogP contribution is -2.44. The Morgan fingerprint density at radius 1 is 1.22 bits per heavy atom. The van der Waals surface area contributed by atoms with E-state index in [-0.39, 0.29) is 17.7 Å². The van der Waals surface area contributed by atoms with Crippen molar-refractivity contribution in [2.75, 3.05) is 31.2 Å². The molecule has 0 bridgehead atoms. The summed E-state index contributed by atoms with van der Waals surface area (Å²) in [6.45, 7) is 3.06. The molecule has 0 radical (unpaired) electrons. The maximum absolute atomic E-state index is 12.7. The highest BCUT2D eigenvalue weighted by atomic mass is 32.2. The Labute approximate surface area is 161 Å². The molecule has 152 valence electrons. The highest BCUT2D eigenvalue weighted by molar-refractivity contribution is 7.89. The number of carbonyl (C=O) groups is 1. The zero-order valence-electron chi connectivity index (χ0n) is 16.3. The van der Waals surface area contributed by atoms with E-state index in [1.165, 1.54) is 26.3 Å². The highest BCUT2D eigenvalue weighted by Crippen LogP contribution is 2.29. The van der Waals surface area contributed by atoms with Crippen LogP contribution in [0.3, 0.4) is 0 Å². The smallest absolute Gasteiger partial charge is 0.323 e. The number of likely N-dealkylation sites (tertiary alicyclic amines) is 1. The van der Waals surface area contributed by atoms with Gasteiger partial charge in [0, 0.05) is 24.8 Å². The summed E-state index contributed by atoms with van der Waals surface area (Å²) < 4.78 is 27.9. The van der Waals surface area contributed by atoms with Crippen LogP contribution >= 0.6 is 0 Å². The second-order valence-electron chi connectivity index (χ2n) is 7.80. The second kappa shape index (κ2) is 8.60. The van der Waals surface area contributed by atoms with Crippen LogP contribution in [0.5, 0.6) is 0 Å². The number of hydrogen-bond acceptors (Lipinski definition) is 4. The van der Waals surface area contributed by atoms with Crippen LogP contribution in [-0.4, -0.2) is 55.0 Å². The van der Waals surface area contributed by atoms with Gasteiger partial charge in [0.1, 0.15) is 0 Å². The minimum Gasteiger partial charge on any atom is -0.324 e. The van der Waals surface area contributed by atoms with Crippen molar-refractivity contribution in [1.29, 1.82) is 0 Å². The SMILES string of the molecule is CNS(=O)(=O)CC1CCCN(C(=O)Nc2nn(C3CCCCC3)cc2C)C1. The molecular weight excluding hydrogens is 366 g/mol. The molecular formula is C18H31N5O3S. The van der Waals surface area contributed by atoms with E-state index in [0.717, 1.165) is 31.2 Å². The van der Waals surface area contributed by atoms with Gasteiger partial charge in [0.15, 0.2) is 5.82 Å². The Morgan fingerprint density at radius 2 is 1.96 bits per heavy atom. The van der Waals surface area contributed by atoms with E-state index in [1.807, 2.05) is 17.8 Å². The average molecular weight is 398 g/mol. The van der Waals surface area contributed by atoms with Crippen molar-refractivity contribution in [3.63, 3.8) is 0 Å². The van der Waals surface area contributed by atoms with E-state index >= 15 is 0 Å². The first-order valence-corrected chi connectivity index (χ1v) is 11.6. The number of aryl methyl sites for hydroxylation is 1. The third-order valence-corrected chi connectivity index (χ3v) is 7.19. The Bertz CT molecular complexity index is 755. The molecule has 2 fully saturated rings. The molecule has 1 atom stereocenters. The molecule has 2 amide bonds. The molecule has 1 aromatic rings. The van der Waals surface area contributed by atoms with Gasteiger partial charge in [-0.1, -0.05) is 19.3 Å². The van der Waals surface area contributed by atoms with Gasteiger partial charge in [0.2, 0.25) is 10.0 Å². The molecule has 9 heteroatoms. The Balaban J connectivity index is 1.60. The van der Waals surface area contributed by atoms with E-state index in [0.29, 0.717) is 24.9 Å². The third-order valence-electron chi connectivity index (χ3n) is 5.66. The number of nitrogens with zero attached hydrogens (tertiary/aromatic N) is 3. The monoisotopic (exact) mass is 397 g/mol. The third kappa shape index (κ3) is 5.22. The number of rotatable bonds is 5. The number of hydrogen-bond donors (Lipinski definition) is 2. The quantitative estimate of drug-likeness (QED) is 0.798. The molecule has 2 heterocycles. The van der Waals surface area contributed by atoms with Crippen LogP contribution in [0.2, 0.25) is 0 Å². The summed E-state index contributed by atoms with van der Waals surface area (Å²) in [5, 5.41) is 7.54. The molecule has 27 heavy (non-hydrogen) atoms. The van der Waals surface area contributed by atoms with Crippen LogP contribution in [0.4, 0.5) is 10.6 Å². The molecule has 1 aromatic heterocycles. The van der Waals surface area contributed by atoms with Gasteiger partial charge in [-0.25, -0.2) is 17.9 Å². The van der Waals surface area contributed by atoms with Crippen LogP contribution in [0.15, 0.2) is 6.20 Å². The van der Waals surface area contributed by atoms with Crippen LogP contribution in [-0.2, 0) is 10.0 Å². The van der Waals surface area contributed by atoms with Crippen LogP contribution < -0.4 is 10.0 Å². The van der Waals surface area contributed by atoms with Crippen LogP contribution in [0.25, 0.3) is 0 Å². The fourth-order valence-corrected chi connectivity index (χ4v) is 5.16. The molecule has 1 unspecified atom stereocenters. The minimum absolute atomic E-state index is 0.0390. The first kappa shape index (κ1) is 20.1. The van der Waals surface area contributed by atoms with Gasteiger partial charge in [0.25, 0.3) is 0 Å². The number of anilines is 1. The van der Waals surface area contributed by atoms with Crippen molar-refractivity contribution in [3.05, 3.63) is 11.8 Å². The molecule has 0 spiro atoms. The average Bonchev–Trinajstić information content (AvgIpc) is 3.03. The minimum atomic E-state index is -3.27. The van der Waals surface area contributed by atoms with Crippen LogP contribution in [0.1, 0.15) is 56.6 Å². The highest BCUT2D eigenvalue weighted by Gasteiger charge is 2.28. The van der Waals surface area contributed by atoms with Gasteiger partial charge in [-0.15, -0.1) is 0 Å². The van der Waals surface area contributed by atoms with Gasteiger partial charge in [0.05, 0.1) is 11.8 Å². The molecule has 8 nitrogen and oxygen atoms in total. The maximum Gasteiger partial charge on any atom is 0.323 e. The van der Waals surface area contributed by atoms with Crippen LogP contribution in [0, 0.1) is 12.8 Å². The molecule has 3 rings (SSSR count). The number of aromatic nitrogens is 2. The van der Waals surface area contributed by atoms with Gasteiger partial charge in [-0.3, -0.25) is 10.00 Å². The van der Waals surface area contributed by atoms with Crippen molar-refractivity contribution in [3.8, 4) is 0 Å². The summed E-state index contributed by atoms with van der Waals surface area (Å²) in [5.41, 5.74) is 0.959. The van der Waals surface area contributed by atoms with Gasteiger partial charge in [-0.2, -0.15) is 5.10 Å². The predicted molar refractivity (Wildman–Crippen MR) is 105 cm³/mol. The van der Waals surface area contributed by atoms with Crippen molar-refractivity contribution < 1.29 is 13.2 Å². The fourth-order valence-electron chi connectivity index (χ4n) is 4.10. The van der Waals surface area contributed by atoms with E-state index in [4.69, 9.17) is 0 Å². The largest absolute Gasteiger partial charge is 0.324 e. The molecule has 1 saturated heterocycles. The molecule has 1 saturated carbocycles. The summed E-state index contributed by atoms with van der Waals surface area (Å²) >= 11 is 0. The van der Waals surface area contributed by atoms with Crippen molar-refractivity contribution >= 4 is 21.9 Å². The number of nitrogens with one attached hydrogen (secondary N) is 2. The lowest BCUT2D eigenvalue weighted by molar-refractivity contribution is 0.182. The summed E-state index contributed by atoms with van der Waals surface area (Å²) in [6, 6.07) is 0.229. The van der Waals surface area contributed by atoms with Crippen molar-refractivity contribution in [1.82, 2.24) is 19.4 Å². The number of piperidine rings is 1. The van der Waals surface area contributed by atoms with E-state index in [9.17, 15) is 13.2 Å². The fraction of sp³-hybridized carbons (Fsp3) is 0.778. The van der Waals surface area contributed by atoms with E-state index in [2.05, 4.69) is 15.1 Å². The first-order chi connectivity index (χ1) is 12.9. The van der Waals surface area contributed by atoms with E-state index in [1.54, 1.807) is 4.90 Å². The molecule has 1 aliphatic heterocycles. The summed E-state index contributed by atoms with van der Waals surface area (Å²) in [6.07, 6.45) is 9.69. The van der Waals surface area contributed by atoms with E-state index < -0.39 is 10.0 Å². The Hall–Kier alpha value is -1.61. The van der Waals surface area contributed by atoms with Gasteiger partial charge < -0.3 is 4.90 Å². The number of amides is 2. The Kier molecular flexibility index (Phi) is 6.41. The lowest BCUT2D eigenvalue weighted by Gasteiger charge is -2.32. The topological polar surface area (TPSA) is 96.3 Å². The normalized spacial score (nSPS) is 22.0. The summed E-state index contributed by atoms with van der Waals surface area (Å²) in [7, 11) is -1.84. The lowest BCUT2D eigenvalue weighted by atomic mass is 9.96. The second-order valence-corrected chi connectivity index (χ2v) is 9.77. The van der Waals surface area contributed by atoms with Gasteiger partial charge in [-0.05, 0) is 45.6 Å². The zero-order valence-corrected chi connectivity index (χ0v) is 17.1. The number of sulfonamides is 1. The number of carbonyl (C=O) groups excluding carboxylic acids is 1. The van der Waals surface area contributed by atoms with Crippen molar-refractivity contribution in [2.45, 2.75) is 57.9 Å². The molecule has 2 N–H and O–H groups in total. The first-order valence-electron chi connectivity index (χ1n) is 9.91. The summed E-state index contributed by atoms with van der Waals surface area (Å²) in [4.78, 5) is 14.4. The maximum atomic E-state index is 12.7. The van der Waals surface area contributed by atoms with Gasteiger partial charge >= 0.3 is 6.03 Å². The molecule has 2 aliphatic rings. The number of urea groups is 1. The Morgan fingerprint density at radius 3 is 2.67 bits per heavy atom. The predicted octanol–water partition coefficient (Wildman–Crippen LogP) is 2.49. The summed E-state index contributed by atoms with van der Waals surface area (Å²) in [5.74, 6) is 0.626. The molecule has 0 aromatic carbocycles.